The third-order valence-electron chi connectivity index (χ3n) is 9.50. The van der Waals surface area contributed by atoms with Gasteiger partial charge in [0.25, 0.3) is 0 Å². The third-order valence-corrected chi connectivity index (χ3v) is 9.50. The van der Waals surface area contributed by atoms with Gasteiger partial charge in [-0.1, -0.05) is 122 Å². The Morgan fingerprint density at radius 1 is 0.608 bits per heavy atom. The third kappa shape index (κ3) is 5.15. The molecule has 4 aromatic heterocycles. The molecular weight excluding hydrogens is 623 g/mol. The second-order valence-electron chi connectivity index (χ2n) is 12.6. The van der Waals surface area contributed by atoms with E-state index in [1.165, 1.54) is 10.8 Å². The van der Waals surface area contributed by atoms with Gasteiger partial charge in [0.2, 0.25) is 0 Å². The van der Waals surface area contributed by atoms with Gasteiger partial charge < -0.3 is 0 Å². The van der Waals surface area contributed by atoms with Crippen molar-refractivity contribution in [2.24, 2.45) is 0 Å². The normalized spacial score (nSPS) is 12.1. The Labute approximate surface area is 295 Å². The molecule has 4 heterocycles. The van der Waals surface area contributed by atoms with Crippen LogP contribution in [-0.4, -0.2) is 24.1 Å². The zero-order chi connectivity index (χ0) is 34.3. The SMILES string of the molecule is C=C/C=C\C=C(/C)c1nc(-c2ccccc2)cc(-n2c3ccccc3c3cccc(-c4ccc5c(c4)c4cccnc4n5-c4ccccc4)c32)n1. The molecule has 5 nitrogen and oxygen atoms in total. The van der Waals surface area contributed by atoms with E-state index in [2.05, 4.69) is 132 Å². The molecule has 0 unspecified atom stereocenters. The number of nitrogens with zero attached hydrogens (tertiary/aromatic N) is 5. The number of hydrogen-bond acceptors (Lipinski definition) is 3. The maximum atomic E-state index is 5.26. The van der Waals surface area contributed by atoms with Gasteiger partial charge in [0.15, 0.2) is 5.82 Å². The number of allylic oxidation sites excluding steroid dienone is 5. The molecule has 0 aliphatic carbocycles. The predicted octanol–water partition coefficient (Wildman–Crippen LogP) is 11.5. The van der Waals surface area contributed by atoms with Crippen LogP contribution in [0.2, 0.25) is 0 Å². The highest BCUT2D eigenvalue weighted by molar-refractivity contribution is 6.15. The summed E-state index contributed by atoms with van der Waals surface area (Å²) < 4.78 is 4.56. The average molecular weight is 656 g/mol. The summed E-state index contributed by atoms with van der Waals surface area (Å²) in [5, 5.41) is 4.61. The number of benzene rings is 5. The topological polar surface area (TPSA) is 48.5 Å². The van der Waals surface area contributed by atoms with Gasteiger partial charge in [-0.05, 0) is 60.5 Å². The van der Waals surface area contributed by atoms with E-state index in [-0.39, 0.29) is 0 Å². The van der Waals surface area contributed by atoms with Gasteiger partial charge in [-0.3, -0.25) is 9.13 Å². The van der Waals surface area contributed by atoms with E-state index < -0.39 is 0 Å². The molecule has 5 heteroatoms. The van der Waals surface area contributed by atoms with Crippen molar-refractivity contribution in [3.05, 3.63) is 182 Å². The van der Waals surface area contributed by atoms with Gasteiger partial charge in [-0.25, -0.2) is 15.0 Å². The van der Waals surface area contributed by atoms with Gasteiger partial charge in [0.05, 0.1) is 22.2 Å². The minimum atomic E-state index is 0.672. The van der Waals surface area contributed by atoms with Crippen molar-refractivity contribution in [3.63, 3.8) is 0 Å². The fraction of sp³-hybridized carbons (Fsp3) is 0.0217. The first kappa shape index (κ1) is 30.2. The van der Waals surface area contributed by atoms with Crippen LogP contribution >= 0.6 is 0 Å². The summed E-state index contributed by atoms with van der Waals surface area (Å²) in [7, 11) is 0. The van der Waals surface area contributed by atoms with E-state index in [0.29, 0.717) is 5.82 Å². The number of fused-ring (bicyclic) bond motifs is 6. The van der Waals surface area contributed by atoms with E-state index in [1.54, 1.807) is 6.08 Å². The molecule has 0 radical (unpaired) electrons. The van der Waals surface area contributed by atoms with Crippen molar-refractivity contribution in [1.82, 2.24) is 24.1 Å². The monoisotopic (exact) mass is 655 g/mol. The zero-order valence-electron chi connectivity index (χ0n) is 28.1. The van der Waals surface area contributed by atoms with Gasteiger partial charge >= 0.3 is 0 Å². The Bertz CT molecular complexity index is 2820. The van der Waals surface area contributed by atoms with E-state index in [0.717, 1.165) is 72.4 Å². The van der Waals surface area contributed by atoms with Crippen LogP contribution in [0.5, 0.6) is 0 Å². The number of aromatic nitrogens is 5. The van der Waals surface area contributed by atoms with Crippen molar-refractivity contribution in [2.75, 3.05) is 0 Å². The van der Waals surface area contributed by atoms with Crippen LogP contribution in [0.1, 0.15) is 12.7 Å². The lowest BCUT2D eigenvalue weighted by Gasteiger charge is -2.14. The Morgan fingerprint density at radius 3 is 2.20 bits per heavy atom. The van der Waals surface area contributed by atoms with E-state index in [9.17, 15) is 0 Å². The number of para-hydroxylation sites is 3. The highest BCUT2D eigenvalue weighted by Gasteiger charge is 2.20. The molecule has 9 rings (SSSR count). The van der Waals surface area contributed by atoms with Crippen molar-refractivity contribution in [2.45, 2.75) is 6.92 Å². The van der Waals surface area contributed by atoms with E-state index >= 15 is 0 Å². The summed E-state index contributed by atoms with van der Waals surface area (Å²) in [5.74, 6) is 1.48. The second kappa shape index (κ2) is 12.6. The smallest absolute Gasteiger partial charge is 0.157 e. The molecule has 9 aromatic rings. The average Bonchev–Trinajstić information content (AvgIpc) is 3.71. The van der Waals surface area contributed by atoms with Crippen molar-refractivity contribution < 1.29 is 0 Å². The molecule has 0 amide bonds. The van der Waals surface area contributed by atoms with Gasteiger partial charge in [0.1, 0.15) is 11.5 Å². The maximum absolute atomic E-state index is 5.26. The van der Waals surface area contributed by atoms with Crippen molar-refractivity contribution in [3.8, 4) is 33.9 Å². The molecule has 0 bridgehead atoms. The molecular formula is C46H33N5. The largest absolute Gasteiger partial charge is 0.294 e. The zero-order valence-corrected chi connectivity index (χ0v) is 28.1. The standard InChI is InChI=1S/C46H33N5/c1-3-4-7-16-31(2)45-48-40(32-17-8-5-9-18-32)30-43(49-45)51-41-25-13-12-21-36(41)37-23-14-22-35(44(37)51)33-26-27-42-39(29-33)38-24-15-28-47-46(38)50(42)34-19-10-6-11-20-34/h3-30H,1H2,2H3/b7-4-,31-16+. The first-order valence-corrected chi connectivity index (χ1v) is 17.1. The Kier molecular flexibility index (Phi) is 7.44. The Balaban J connectivity index is 1.33. The van der Waals surface area contributed by atoms with Crippen LogP contribution < -0.4 is 0 Å². The molecule has 0 N–H and O–H groups in total. The highest BCUT2D eigenvalue weighted by atomic mass is 15.1. The van der Waals surface area contributed by atoms with Crippen LogP contribution in [0.15, 0.2) is 177 Å². The molecule has 0 fully saturated rings. The van der Waals surface area contributed by atoms with Crippen molar-refractivity contribution in [1.29, 1.82) is 0 Å². The Morgan fingerprint density at radius 2 is 1.35 bits per heavy atom. The van der Waals surface area contributed by atoms with Crippen LogP contribution in [0.25, 0.3) is 83.2 Å². The molecule has 0 spiro atoms. The predicted molar refractivity (Wildman–Crippen MR) is 212 cm³/mol. The molecule has 242 valence electrons. The quantitative estimate of drug-likeness (QED) is 0.161. The Hall–Kier alpha value is -6.85. The summed E-state index contributed by atoms with van der Waals surface area (Å²) in [6, 6.07) is 49.0. The maximum Gasteiger partial charge on any atom is 0.157 e. The van der Waals surface area contributed by atoms with Crippen LogP contribution in [0.3, 0.4) is 0 Å². The van der Waals surface area contributed by atoms with E-state index in [1.807, 2.05) is 54.8 Å². The molecule has 5 aromatic carbocycles. The number of hydrogen-bond donors (Lipinski definition) is 0. The van der Waals surface area contributed by atoms with Gasteiger partial charge in [0, 0.05) is 50.6 Å². The first-order chi connectivity index (χ1) is 25.2. The summed E-state index contributed by atoms with van der Waals surface area (Å²) in [4.78, 5) is 15.2. The molecule has 0 aliphatic heterocycles. The fourth-order valence-corrected chi connectivity index (χ4v) is 7.18. The lowest BCUT2D eigenvalue weighted by Crippen LogP contribution is -2.04. The summed E-state index contributed by atoms with van der Waals surface area (Å²) >= 11 is 0. The number of rotatable bonds is 7. The van der Waals surface area contributed by atoms with Gasteiger partial charge in [-0.15, -0.1) is 0 Å². The molecule has 0 saturated heterocycles. The van der Waals surface area contributed by atoms with Gasteiger partial charge in [-0.2, -0.15) is 0 Å². The highest BCUT2D eigenvalue weighted by Crippen LogP contribution is 2.40. The van der Waals surface area contributed by atoms with Crippen LogP contribution in [0, 0.1) is 0 Å². The molecule has 0 aliphatic rings. The van der Waals surface area contributed by atoms with Crippen LogP contribution in [0.4, 0.5) is 0 Å². The minimum absolute atomic E-state index is 0.672. The summed E-state index contributed by atoms with van der Waals surface area (Å²) in [5.41, 5.74) is 10.4. The van der Waals surface area contributed by atoms with Crippen molar-refractivity contribution >= 4 is 49.3 Å². The minimum Gasteiger partial charge on any atom is -0.294 e. The van der Waals surface area contributed by atoms with Crippen LogP contribution in [-0.2, 0) is 0 Å². The summed E-state index contributed by atoms with van der Waals surface area (Å²) in [6.45, 7) is 5.86. The number of pyridine rings is 1. The fourth-order valence-electron chi connectivity index (χ4n) is 7.18. The summed E-state index contributed by atoms with van der Waals surface area (Å²) in [6.07, 6.45) is 9.55. The lowest BCUT2D eigenvalue weighted by atomic mass is 10.00. The molecule has 51 heavy (non-hydrogen) atoms. The van der Waals surface area contributed by atoms with E-state index in [4.69, 9.17) is 15.0 Å². The lowest BCUT2D eigenvalue weighted by molar-refractivity contribution is 1.02. The second-order valence-corrected chi connectivity index (χ2v) is 12.6. The molecule has 0 atom stereocenters. The molecule has 0 saturated carbocycles. The first-order valence-electron chi connectivity index (χ1n) is 17.1.